The Balaban J connectivity index is 2.16. The molecule has 1 saturated heterocycles. The van der Waals surface area contributed by atoms with E-state index >= 15 is 0 Å². The summed E-state index contributed by atoms with van der Waals surface area (Å²) in [6.45, 7) is -0.0307. The summed E-state index contributed by atoms with van der Waals surface area (Å²) in [6, 6.07) is 4.89. The van der Waals surface area contributed by atoms with E-state index in [1.807, 2.05) is 0 Å². The lowest BCUT2D eigenvalue weighted by molar-refractivity contribution is -0.139. The van der Waals surface area contributed by atoms with Crippen LogP contribution in [0, 0.1) is 23.7 Å². The topological polar surface area (TPSA) is 148 Å². The zero-order valence-electron chi connectivity index (χ0n) is 16.3. The van der Waals surface area contributed by atoms with Crippen molar-refractivity contribution in [3.63, 3.8) is 0 Å². The fraction of sp³-hybridized carbons (Fsp3) is 0.400. The predicted octanol–water partition coefficient (Wildman–Crippen LogP) is 0.567. The predicted molar refractivity (Wildman–Crippen MR) is 111 cm³/mol. The average molecular weight is 436 g/mol. The van der Waals surface area contributed by atoms with Crippen LogP contribution < -0.4 is 10.8 Å². The first-order valence-electron chi connectivity index (χ1n) is 9.00. The molecule has 30 heavy (non-hydrogen) atoms. The van der Waals surface area contributed by atoms with E-state index in [9.17, 15) is 18.7 Å². The van der Waals surface area contributed by atoms with Crippen molar-refractivity contribution in [1.29, 1.82) is 0 Å². The highest BCUT2D eigenvalue weighted by atomic mass is 32.3. The molecule has 1 fully saturated rings. The Labute approximate surface area is 176 Å². The van der Waals surface area contributed by atoms with Crippen LogP contribution in [-0.2, 0) is 9.53 Å². The second-order valence-electron chi connectivity index (χ2n) is 6.65. The monoisotopic (exact) mass is 436 g/mol. The van der Waals surface area contributed by atoms with Gasteiger partial charge in [-0.3, -0.25) is 23.9 Å². The number of amides is 2. The van der Waals surface area contributed by atoms with E-state index in [2.05, 4.69) is 29.0 Å². The molecule has 1 aromatic rings. The maximum atomic E-state index is 12.7. The number of ether oxygens (including phenoxy) is 1. The van der Waals surface area contributed by atoms with Crippen LogP contribution >= 0.6 is 10.6 Å². The fourth-order valence-corrected chi connectivity index (χ4v) is 5.09. The molecule has 1 aromatic carbocycles. The normalized spacial score (nSPS) is 21.2. The van der Waals surface area contributed by atoms with Crippen molar-refractivity contribution in [3.8, 4) is 23.7 Å². The van der Waals surface area contributed by atoms with E-state index in [4.69, 9.17) is 15.1 Å². The average Bonchev–Trinajstić information content (AvgIpc) is 3.07. The molecule has 1 unspecified atom stereocenters. The molecule has 0 spiro atoms. The largest absolute Gasteiger partial charge is 0.395 e. The van der Waals surface area contributed by atoms with Gasteiger partial charge in [0.2, 0.25) is 0 Å². The zero-order valence-corrected chi connectivity index (χ0v) is 17.2. The molecule has 9 nitrogen and oxygen atoms in total. The van der Waals surface area contributed by atoms with Crippen LogP contribution in [-0.4, -0.2) is 68.1 Å². The lowest BCUT2D eigenvalue weighted by Gasteiger charge is -2.36. The Hall–Kier alpha value is -2.57. The fourth-order valence-electron chi connectivity index (χ4n) is 3.06. The lowest BCUT2D eigenvalue weighted by atomic mass is 9.92. The van der Waals surface area contributed by atoms with Crippen molar-refractivity contribution in [2.45, 2.75) is 24.5 Å². The van der Waals surface area contributed by atoms with Crippen LogP contribution in [0.5, 0.6) is 0 Å². The quantitative estimate of drug-likeness (QED) is 0.217. The minimum Gasteiger partial charge on any atom is -0.395 e. The molecule has 0 bridgehead atoms. The molecule has 1 aliphatic heterocycles. The number of benzene rings is 1. The van der Waals surface area contributed by atoms with Gasteiger partial charge in [0.25, 0.3) is 11.8 Å². The van der Waals surface area contributed by atoms with Gasteiger partial charge in [-0.05, 0) is 42.5 Å². The summed E-state index contributed by atoms with van der Waals surface area (Å²) in [6.07, 6.45) is 0.463. The van der Waals surface area contributed by atoms with Gasteiger partial charge in [-0.2, -0.15) is 10.6 Å². The van der Waals surface area contributed by atoms with Crippen LogP contribution in [0.15, 0.2) is 24.3 Å². The Kier molecular flexibility index (Phi) is 8.26. The first-order valence-corrected chi connectivity index (χ1v) is 10.9. The standard InChI is InChI=1S/C20H24N2O7S/c1-29-20(11-13-30(27,28)14-20)17(19(25)22-26)21-18(24)16-9-7-15(8-10-16)6-4-2-3-5-12-23/h7-10,17,23,26-28H,5,11-14H2,1H3,(H,21,24)(H,22,25)/t17-,20?/m1/s1. The van der Waals surface area contributed by atoms with E-state index in [1.165, 1.54) is 24.7 Å². The first-order chi connectivity index (χ1) is 14.3. The maximum Gasteiger partial charge on any atom is 0.268 e. The molecule has 0 radical (unpaired) electrons. The zero-order chi connectivity index (χ0) is 22.2. The maximum absolute atomic E-state index is 12.7. The summed E-state index contributed by atoms with van der Waals surface area (Å²) in [5, 5.41) is 20.3. The summed E-state index contributed by atoms with van der Waals surface area (Å²) in [5.74, 6) is 8.96. The Morgan fingerprint density at radius 2 is 1.97 bits per heavy atom. The molecule has 2 atom stereocenters. The van der Waals surface area contributed by atoms with E-state index in [0.29, 0.717) is 12.0 Å². The molecular weight excluding hydrogens is 412 g/mol. The van der Waals surface area contributed by atoms with Crippen LogP contribution in [0.25, 0.3) is 0 Å². The molecule has 2 amide bonds. The molecule has 0 saturated carbocycles. The van der Waals surface area contributed by atoms with Crippen molar-refractivity contribution in [2.75, 3.05) is 25.2 Å². The molecule has 0 aliphatic carbocycles. The third-order valence-electron chi connectivity index (χ3n) is 4.65. The Morgan fingerprint density at radius 1 is 1.27 bits per heavy atom. The molecule has 1 aliphatic rings. The number of methoxy groups -OCH3 is 1. The number of carbonyl (C=O) groups excluding carboxylic acids is 2. The highest BCUT2D eigenvalue weighted by Crippen LogP contribution is 2.52. The second-order valence-corrected chi connectivity index (χ2v) is 8.96. The molecular formula is C20H24N2O7S. The van der Waals surface area contributed by atoms with Crippen molar-refractivity contribution < 1.29 is 33.7 Å². The number of hydroxylamine groups is 1. The number of nitrogens with one attached hydrogen (secondary N) is 2. The van der Waals surface area contributed by atoms with Gasteiger partial charge < -0.3 is 15.2 Å². The summed E-state index contributed by atoms with van der Waals surface area (Å²) in [7, 11) is -1.64. The summed E-state index contributed by atoms with van der Waals surface area (Å²) >= 11 is 0. The Bertz CT molecular complexity index is 896. The second kappa shape index (κ2) is 10.5. The first kappa shape index (κ1) is 23.7. The molecule has 2 rings (SSSR count). The molecule has 1 heterocycles. The number of carbonyl (C=O) groups is 2. The highest BCUT2D eigenvalue weighted by molar-refractivity contribution is 8.24. The highest BCUT2D eigenvalue weighted by Gasteiger charge is 2.52. The lowest BCUT2D eigenvalue weighted by Crippen LogP contribution is -2.61. The summed E-state index contributed by atoms with van der Waals surface area (Å²) in [4.78, 5) is 24.9. The van der Waals surface area contributed by atoms with Gasteiger partial charge in [-0.15, -0.1) is 0 Å². The van der Waals surface area contributed by atoms with Crippen LogP contribution in [0.2, 0.25) is 0 Å². The van der Waals surface area contributed by atoms with E-state index in [-0.39, 0.29) is 30.1 Å². The van der Waals surface area contributed by atoms with Crippen molar-refractivity contribution in [3.05, 3.63) is 35.4 Å². The minimum atomic E-state index is -2.95. The van der Waals surface area contributed by atoms with Crippen molar-refractivity contribution >= 4 is 22.4 Å². The van der Waals surface area contributed by atoms with Crippen molar-refractivity contribution in [2.24, 2.45) is 0 Å². The van der Waals surface area contributed by atoms with Gasteiger partial charge in [0.05, 0.1) is 12.4 Å². The third kappa shape index (κ3) is 5.97. The molecule has 0 aromatic heterocycles. The Morgan fingerprint density at radius 3 is 2.50 bits per heavy atom. The van der Waals surface area contributed by atoms with Crippen LogP contribution in [0.3, 0.4) is 0 Å². The summed E-state index contributed by atoms with van der Waals surface area (Å²) in [5.41, 5.74) is 0.989. The van der Waals surface area contributed by atoms with E-state index in [1.54, 1.807) is 12.1 Å². The number of aliphatic hydroxyl groups excluding tert-OH is 1. The SMILES string of the molecule is COC1([C@H](NC(=O)c2ccc(C#CC#CCCO)cc2)C(=O)NO)CCS(O)(O)C1. The molecule has 162 valence electrons. The summed E-state index contributed by atoms with van der Waals surface area (Å²) < 4.78 is 25.4. The van der Waals surface area contributed by atoms with Crippen LogP contribution in [0.4, 0.5) is 0 Å². The van der Waals surface area contributed by atoms with E-state index in [0.717, 1.165) is 0 Å². The molecule has 6 N–H and O–H groups in total. The smallest absolute Gasteiger partial charge is 0.268 e. The third-order valence-corrected chi connectivity index (χ3v) is 6.46. The minimum absolute atomic E-state index is 0.0283. The number of hydrogen-bond acceptors (Lipinski definition) is 7. The van der Waals surface area contributed by atoms with Gasteiger partial charge in [0.1, 0.15) is 11.6 Å². The van der Waals surface area contributed by atoms with Crippen molar-refractivity contribution in [1.82, 2.24) is 10.8 Å². The number of hydrogen-bond donors (Lipinski definition) is 6. The number of aliphatic hydroxyl groups is 1. The van der Waals surface area contributed by atoms with E-state index < -0.39 is 34.0 Å². The van der Waals surface area contributed by atoms with Gasteiger partial charge in [0.15, 0.2) is 0 Å². The van der Waals surface area contributed by atoms with Gasteiger partial charge >= 0.3 is 0 Å². The van der Waals surface area contributed by atoms with Crippen LogP contribution in [0.1, 0.15) is 28.8 Å². The van der Waals surface area contributed by atoms with Gasteiger partial charge in [-0.25, -0.2) is 5.48 Å². The van der Waals surface area contributed by atoms with Gasteiger partial charge in [-0.1, -0.05) is 11.8 Å². The number of rotatable bonds is 6. The molecule has 10 heteroatoms. The van der Waals surface area contributed by atoms with Gasteiger partial charge in [0, 0.05) is 30.4 Å².